The fourth-order valence-corrected chi connectivity index (χ4v) is 4.13. The molecular formula is C18H39IN4O2S. The zero-order valence-corrected chi connectivity index (χ0v) is 19.9. The maximum atomic E-state index is 11.4. The molecule has 0 spiro atoms. The number of nitrogens with zero attached hydrogens (tertiary/aromatic N) is 2. The van der Waals surface area contributed by atoms with E-state index in [9.17, 15) is 8.42 Å². The summed E-state index contributed by atoms with van der Waals surface area (Å²) in [7, 11) is -2.79. The molecule has 0 saturated carbocycles. The minimum Gasteiger partial charge on any atom is -0.357 e. The Bertz CT molecular complexity index is 470. The fraction of sp³-hybridized carbons (Fsp3) is 0.944. The zero-order chi connectivity index (χ0) is 18.5. The summed E-state index contributed by atoms with van der Waals surface area (Å²) in [4.78, 5) is 6.83. The van der Waals surface area contributed by atoms with Gasteiger partial charge in [0.15, 0.2) is 15.8 Å². The highest BCUT2D eigenvalue weighted by Gasteiger charge is 2.20. The molecule has 6 nitrogen and oxygen atoms in total. The third-order valence-electron chi connectivity index (χ3n) is 4.46. The lowest BCUT2D eigenvalue weighted by molar-refractivity contribution is 0.299. The summed E-state index contributed by atoms with van der Waals surface area (Å²) in [5.74, 6) is 2.26. The molecule has 0 radical (unpaired) electrons. The van der Waals surface area contributed by atoms with E-state index >= 15 is 0 Å². The van der Waals surface area contributed by atoms with Crippen molar-refractivity contribution in [2.24, 2.45) is 10.9 Å². The van der Waals surface area contributed by atoms with Crippen LogP contribution in [-0.2, 0) is 9.84 Å². The SMILES string of the molecule is CCNC(=NCCCCCCC(C)C)NCCN1CCS(=O)(=O)CC1.I. The van der Waals surface area contributed by atoms with Gasteiger partial charge in [0.25, 0.3) is 0 Å². The minimum atomic E-state index is -2.79. The summed E-state index contributed by atoms with van der Waals surface area (Å²) in [5, 5.41) is 6.63. The zero-order valence-electron chi connectivity index (χ0n) is 16.8. The quantitative estimate of drug-likeness (QED) is 0.197. The van der Waals surface area contributed by atoms with Crippen LogP contribution < -0.4 is 10.6 Å². The number of halogens is 1. The first-order valence-electron chi connectivity index (χ1n) is 9.88. The number of rotatable bonds is 11. The minimum absolute atomic E-state index is 0. The average molecular weight is 503 g/mol. The molecule has 1 heterocycles. The van der Waals surface area contributed by atoms with Crippen molar-refractivity contribution in [1.29, 1.82) is 0 Å². The molecule has 0 unspecified atom stereocenters. The van der Waals surface area contributed by atoms with E-state index in [1.54, 1.807) is 0 Å². The van der Waals surface area contributed by atoms with Gasteiger partial charge < -0.3 is 10.6 Å². The Morgan fingerprint density at radius 3 is 2.35 bits per heavy atom. The average Bonchev–Trinajstić information content (AvgIpc) is 2.55. The van der Waals surface area contributed by atoms with Crippen molar-refractivity contribution >= 4 is 39.8 Å². The molecule has 0 aromatic carbocycles. The van der Waals surface area contributed by atoms with Gasteiger partial charge in [-0.3, -0.25) is 9.89 Å². The molecule has 1 aliphatic heterocycles. The number of unbranched alkanes of at least 4 members (excludes halogenated alkanes) is 3. The number of hydrogen-bond acceptors (Lipinski definition) is 4. The lowest BCUT2D eigenvalue weighted by Crippen LogP contribution is -2.46. The molecule has 2 N–H and O–H groups in total. The first-order valence-corrected chi connectivity index (χ1v) is 11.7. The van der Waals surface area contributed by atoms with Gasteiger partial charge in [0.1, 0.15) is 0 Å². The Balaban J connectivity index is 0.00000625. The second-order valence-corrected chi connectivity index (χ2v) is 9.58. The van der Waals surface area contributed by atoms with Crippen molar-refractivity contribution in [1.82, 2.24) is 15.5 Å². The number of sulfone groups is 1. The van der Waals surface area contributed by atoms with E-state index in [0.717, 1.165) is 44.5 Å². The van der Waals surface area contributed by atoms with E-state index in [1.807, 2.05) is 0 Å². The Hall–Kier alpha value is -0.0900. The van der Waals surface area contributed by atoms with Crippen LogP contribution in [0, 0.1) is 5.92 Å². The summed E-state index contributed by atoms with van der Waals surface area (Å²) >= 11 is 0. The molecule has 0 bridgehead atoms. The van der Waals surface area contributed by atoms with Gasteiger partial charge in [0, 0.05) is 39.3 Å². The van der Waals surface area contributed by atoms with Gasteiger partial charge in [-0.25, -0.2) is 8.42 Å². The molecular weight excluding hydrogens is 463 g/mol. The summed E-state index contributed by atoms with van der Waals surface area (Å²) in [5.41, 5.74) is 0. The monoisotopic (exact) mass is 502 g/mol. The van der Waals surface area contributed by atoms with Crippen LogP contribution in [-0.4, -0.2) is 70.1 Å². The smallest absolute Gasteiger partial charge is 0.191 e. The Morgan fingerprint density at radius 2 is 1.73 bits per heavy atom. The fourth-order valence-electron chi connectivity index (χ4n) is 2.86. The number of guanidine groups is 1. The molecule has 1 rings (SSSR count). The summed E-state index contributed by atoms with van der Waals surface area (Å²) < 4.78 is 22.9. The third kappa shape index (κ3) is 13.1. The number of aliphatic imine (C=N–C) groups is 1. The second-order valence-electron chi connectivity index (χ2n) is 7.28. The topological polar surface area (TPSA) is 73.8 Å². The van der Waals surface area contributed by atoms with Crippen molar-refractivity contribution in [2.45, 2.75) is 52.9 Å². The highest BCUT2D eigenvalue weighted by Crippen LogP contribution is 2.09. The first-order chi connectivity index (χ1) is 11.9. The normalized spacial score (nSPS) is 17.8. The van der Waals surface area contributed by atoms with Crippen LogP contribution in [0.1, 0.15) is 52.9 Å². The standard InChI is InChI=1S/C18H38N4O2S.HI/c1-4-19-18(20-10-8-6-5-7-9-17(2)3)21-11-12-22-13-15-25(23,24)16-14-22;/h17H,4-16H2,1-3H3,(H2,19,20,21);1H. The van der Waals surface area contributed by atoms with Crippen LogP contribution in [0.15, 0.2) is 4.99 Å². The maximum Gasteiger partial charge on any atom is 0.191 e. The van der Waals surface area contributed by atoms with Crippen molar-refractivity contribution in [3.05, 3.63) is 0 Å². The Labute approximate surface area is 177 Å². The van der Waals surface area contributed by atoms with Gasteiger partial charge in [0.2, 0.25) is 0 Å². The van der Waals surface area contributed by atoms with Crippen LogP contribution in [0.2, 0.25) is 0 Å². The van der Waals surface area contributed by atoms with Gasteiger partial charge >= 0.3 is 0 Å². The molecule has 0 aromatic heterocycles. The second kappa shape index (κ2) is 14.9. The molecule has 0 amide bonds. The molecule has 0 atom stereocenters. The Morgan fingerprint density at radius 1 is 1.08 bits per heavy atom. The van der Waals surface area contributed by atoms with Gasteiger partial charge in [-0.2, -0.15) is 0 Å². The van der Waals surface area contributed by atoms with Gasteiger partial charge in [-0.1, -0.05) is 39.5 Å². The van der Waals surface area contributed by atoms with Crippen LogP contribution >= 0.6 is 24.0 Å². The van der Waals surface area contributed by atoms with Crippen molar-refractivity contribution < 1.29 is 8.42 Å². The van der Waals surface area contributed by atoms with E-state index in [0.29, 0.717) is 13.1 Å². The third-order valence-corrected chi connectivity index (χ3v) is 6.07. The van der Waals surface area contributed by atoms with E-state index in [4.69, 9.17) is 0 Å². The van der Waals surface area contributed by atoms with E-state index in [1.165, 1.54) is 25.7 Å². The van der Waals surface area contributed by atoms with Crippen LogP contribution in [0.3, 0.4) is 0 Å². The highest BCUT2D eigenvalue weighted by molar-refractivity contribution is 14.0. The predicted molar refractivity (Wildman–Crippen MR) is 122 cm³/mol. The molecule has 1 fully saturated rings. The predicted octanol–water partition coefficient (Wildman–Crippen LogP) is 2.50. The molecule has 26 heavy (non-hydrogen) atoms. The lowest BCUT2D eigenvalue weighted by atomic mass is 10.0. The van der Waals surface area contributed by atoms with Crippen LogP contribution in [0.4, 0.5) is 0 Å². The van der Waals surface area contributed by atoms with Crippen molar-refractivity contribution in [2.75, 3.05) is 50.8 Å². The van der Waals surface area contributed by atoms with Gasteiger partial charge in [0.05, 0.1) is 11.5 Å². The van der Waals surface area contributed by atoms with E-state index in [2.05, 4.69) is 41.3 Å². The van der Waals surface area contributed by atoms with E-state index < -0.39 is 9.84 Å². The highest BCUT2D eigenvalue weighted by atomic mass is 127. The summed E-state index contributed by atoms with van der Waals surface area (Å²) in [6.45, 7) is 11.3. The molecule has 156 valence electrons. The molecule has 0 aliphatic carbocycles. The van der Waals surface area contributed by atoms with Gasteiger partial charge in [-0.15, -0.1) is 24.0 Å². The van der Waals surface area contributed by atoms with Crippen LogP contribution in [0.25, 0.3) is 0 Å². The lowest BCUT2D eigenvalue weighted by Gasteiger charge is -2.26. The molecule has 0 aromatic rings. The summed E-state index contributed by atoms with van der Waals surface area (Å²) in [6.07, 6.45) is 6.34. The van der Waals surface area contributed by atoms with E-state index in [-0.39, 0.29) is 35.5 Å². The van der Waals surface area contributed by atoms with Crippen molar-refractivity contribution in [3.8, 4) is 0 Å². The maximum absolute atomic E-state index is 11.4. The van der Waals surface area contributed by atoms with Crippen LogP contribution in [0.5, 0.6) is 0 Å². The number of nitrogens with one attached hydrogen (secondary N) is 2. The molecule has 1 saturated heterocycles. The van der Waals surface area contributed by atoms with Gasteiger partial charge in [-0.05, 0) is 19.3 Å². The largest absolute Gasteiger partial charge is 0.357 e. The Kier molecular flexibility index (Phi) is 14.9. The molecule has 1 aliphatic rings. The van der Waals surface area contributed by atoms with Crippen molar-refractivity contribution in [3.63, 3.8) is 0 Å². The summed E-state index contributed by atoms with van der Waals surface area (Å²) in [6, 6.07) is 0. The number of hydrogen-bond donors (Lipinski definition) is 2. The molecule has 8 heteroatoms. The first kappa shape index (κ1) is 25.9.